The van der Waals surface area contributed by atoms with Crippen molar-refractivity contribution >= 4 is 33.7 Å². The smallest absolute Gasteiger partial charge is 0.319 e. The van der Waals surface area contributed by atoms with E-state index in [9.17, 15) is 4.79 Å². The first-order valence-corrected chi connectivity index (χ1v) is 6.85. The van der Waals surface area contributed by atoms with Crippen LogP contribution in [0.5, 0.6) is 0 Å². The van der Waals surface area contributed by atoms with Gasteiger partial charge in [0.2, 0.25) is 0 Å². The minimum absolute atomic E-state index is 0.0607. The Balaban J connectivity index is 1.81. The maximum absolute atomic E-state index is 11.7. The van der Waals surface area contributed by atoms with Crippen LogP contribution in [-0.2, 0) is 0 Å². The van der Waals surface area contributed by atoms with Gasteiger partial charge in [0.25, 0.3) is 0 Å². The zero-order chi connectivity index (χ0) is 14.7. The van der Waals surface area contributed by atoms with Gasteiger partial charge in [0.05, 0.1) is 0 Å². The van der Waals surface area contributed by atoms with Crippen molar-refractivity contribution < 1.29 is 14.3 Å². The molecule has 0 spiro atoms. The van der Waals surface area contributed by atoms with Crippen molar-refractivity contribution in [3.8, 4) is 0 Å². The zero-order valence-electron chi connectivity index (χ0n) is 11.4. The van der Waals surface area contributed by atoms with Gasteiger partial charge in [-0.1, -0.05) is 18.2 Å². The minimum atomic E-state index is -0.293. The molecule has 0 bridgehead atoms. The van der Waals surface area contributed by atoms with Crippen molar-refractivity contribution in [2.45, 2.75) is 6.42 Å². The lowest BCUT2D eigenvalue weighted by Crippen LogP contribution is -2.29. The Morgan fingerprint density at radius 2 is 1.90 bits per heavy atom. The number of urea groups is 1. The monoisotopic (exact) mass is 284 g/mol. The lowest BCUT2D eigenvalue weighted by atomic mass is 10.1. The molecule has 0 aliphatic heterocycles. The van der Waals surface area contributed by atoms with Crippen LogP contribution in [0.25, 0.3) is 21.9 Å². The van der Waals surface area contributed by atoms with Gasteiger partial charge in [0.1, 0.15) is 11.2 Å². The quantitative estimate of drug-likeness (QED) is 0.644. The maximum atomic E-state index is 11.7. The van der Waals surface area contributed by atoms with E-state index in [2.05, 4.69) is 10.6 Å². The molecule has 0 saturated carbocycles. The molecule has 21 heavy (non-hydrogen) atoms. The normalized spacial score (nSPS) is 10.9. The summed E-state index contributed by atoms with van der Waals surface area (Å²) >= 11 is 0. The summed E-state index contributed by atoms with van der Waals surface area (Å²) in [7, 11) is 0. The summed E-state index contributed by atoms with van der Waals surface area (Å²) in [5.74, 6) is 0. The maximum Gasteiger partial charge on any atom is 0.319 e. The second kappa shape index (κ2) is 5.85. The van der Waals surface area contributed by atoms with Crippen molar-refractivity contribution in [2.24, 2.45) is 0 Å². The molecule has 0 unspecified atom stereocenters. The molecule has 5 heteroatoms. The van der Waals surface area contributed by atoms with E-state index in [1.54, 1.807) is 6.07 Å². The number of aliphatic hydroxyl groups excluding tert-OH is 1. The summed E-state index contributed by atoms with van der Waals surface area (Å²) in [5, 5.41) is 16.2. The van der Waals surface area contributed by atoms with Crippen LogP contribution < -0.4 is 10.6 Å². The highest BCUT2D eigenvalue weighted by Crippen LogP contribution is 2.30. The van der Waals surface area contributed by atoms with Gasteiger partial charge >= 0.3 is 6.03 Å². The molecule has 3 N–H and O–H groups in total. The summed E-state index contributed by atoms with van der Waals surface area (Å²) in [6, 6.07) is 13.1. The molecule has 3 rings (SSSR count). The number of nitrogens with one attached hydrogen (secondary N) is 2. The number of carbonyl (C=O) groups excluding carboxylic acids is 1. The fourth-order valence-corrected chi connectivity index (χ4v) is 2.26. The molecule has 5 nitrogen and oxygen atoms in total. The number of hydrogen-bond donors (Lipinski definition) is 3. The van der Waals surface area contributed by atoms with E-state index < -0.39 is 0 Å². The molecule has 0 atom stereocenters. The third-order valence-electron chi connectivity index (χ3n) is 3.26. The summed E-state index contributed by atoms with van der Waals surface area (Å²) in [6.45, 7) is 0.500. The number of carbonyl (C=O) groups is 1. The first kappa shape index (κ1) is 13.5. The fourth-order valence-electron chi connectivity index (χ4n) is 2.26. The van der Waals surface area contributed by atoms with Gasteiger partial charge < -0.3 is 20.2 Å². The van der Waals surface area contributed by atoms with Crippen LogP contribution >= 0.6 is 0 Å². The first-order chi connectivity index (χ1) is 10.3. The van der Waals surface area contributed by atoms with E-state index in [4.69, 9.17) is 9.52 Å². The van der Waals surface area contributed by atoms with Gasteiger partial charge in [-0.25, -0.2) is 4.79 Å². The topological polar surface area (TPSA) is 74.5 Å². The standard InChI is InChI=1S/C16H16N2O3/c19-9-3-8-17-16(20)18-11-6-7-13-12-4-1-2-5-14(12)21-15(13)10-11/h1-2,4-7,10,19H,3,8-9H2,(H2,17,18,20). The van der Waals surface area contributed by atoms with Crippen molar-refractivity contribution in [3.63, 3.8) is 0 Å². The second-order valence-corrected chi connectivity index (χ2v) is 4.77. The van der Waals surface area contributed by atoms with E-state index in [-0.39, 0.29) is 12.6 Å². The average molecular weight is 284 g/mol. The molecule has 2 amide bonds. The number of aliphatic hydroxyl groups is 1. The highest BCUT2D eigenvalue weighted by atomic mass is 16.3. The van der Waals surface area contributed by atoms with Crippen LogP contribution in [0.4, 0.5) is 10.5 Å². The summed E-state index contributed by atoms with van der Waals surface area (Å²) in [6.07, 6.45) is 0.538. The van der Waals surface area contributed by atoms with Gasteiger partial charge in [-0.05, 0) is 24.6 Å². The summed E-state index contributed by atoms with van der Waals surface area (Å²) < 4.78 is 5.77. The molecule has 2 aromatic carbocycles. The van der Waals surface area contributed by atoms with Crippen LogP contribution in [0.1, 0.15) is 6.42 Å². The van der Waals surface area contributed by atoms with Crippen LogP contribution in [0.15, 0.2) is 46.9 Å². The fraction of sp³-hybridized carbons (Fsp3) is 0.188. The number of hydrogen-bond acceptors (Lipinski definition) is 3. The minimum Gasteiger partial charge on any atom is -0.456 e. The Bertz CT molecular complexity index is 779. The van der Waals surface area contributed by atoms with E-state index >= 15 is 0 Å². The number of para-hydroxylation sites is 1. The average Bonchev–Trinajstić information content (AvgIpc) is 2.85. The number of amides is 2. The Hall–Kier alpha value is -2.53. The van der Waals surface area contributed by atoms with Crippen molar-refractivity contribution in [3.05, 3.63) is 42.5 Å². The summed E-state index contributed by atoms with van der Waals surface area (Å²) in [5.41, 5.74) is 2.24. The highest BCUT2D eigenvalue weighted by molar-refractivity contribution is 6.06. The third-order valence-corrected chi connectivity index (χ3v) is 3.26. The molecule has 0 saturated heterocycles. The molecule has 0 aliphatic rings. The molecule has 0 aliphatic carbocycles. The van der Waals surface area contributed by atoms with Gasteiger partial charge in [0.15, 0.2) is 0 Å². The third kappa shape index (κ3) is 2.83. The molecule has 0 radical (unpaired) electrons. The lowest BCUT2D eigenvalue weighted by Gasteiger charge is -2.06. The molecule has 1 heterocycles. The van der Waals surface area contributed by atoms with E-state index in [1.165, 1.54) is 0 Å². The van der Waals surface area contributed by atoms with Crippen molar-refractivity contribution in [1.82, 2.24) is 5.32 Å². The van der Waals surface area contributed by atoms with Crippen LogP contribution in [0.3, 0.4) is 0 Å². The molecule has 0 fully saturated rings. The zero-order valence-corrected chi connectivity index (χ0v) is 11.4. The van der Waals surface area contributed by atoms with Crippen molar-refractivity contribution in [2.75, 3.05) is 18.5 Å². The lowest BCUT2D eigenvalue weighted by molar-refractivity contribution is 0.249. The van der Waals surface area contributed by atoms with Gasteiger partial charge in [-0.15, -0.1) is 0 Å². The predicted molar refractivity (Wildman–Crippen MR) is 82.4 cm³/mol. The van der Waals surface area contributed by atoms with Gasteiger partial charge in [-0.2, -0.15) is 0 Å². The molecule has 1 aromatic heterocycles. The van der Waals surface area contributed by atoms with E-state index in [0.717, 1.165) is 21.9 Å². The largest absolute Gasteiger partial charge is 0.456 e. The number of anilines is 1. The summed E-state index contributed by atoms with van der Waals surface area (Å²) in [4.78, 5) is 11.7. The number of fused-ring (bicyclic) bond motifs is 3. The predicted octanol–water partition coefficient (Wildman–Crippen LogP) is 3.09. The van der Waals surface area contributed by atoms with E-state index in [0.29, 0.717) is 18.7 Å². The van der Waals surface area contributed by atoms with Crippen LogP contribution in [0.2, 0.25) is 0 Å². The van der Waals surface area contributed by atoms with Crippen LogP contribution in [-0.4, -0.2) is 24.3 Å². The SMILES string of the molecule is O=C(NCCCO)Nc1ccc2c(c1)oc1ccccc12. The van der Waals surface area contributed by atoms with Gasteiger partial charge in [-0.3, -0.25) is 0 Å². The number of benzene rings is 2. The van der Waals surface area contributed by atoms with Crippen molar-refractivity contribution in [1.29, 1.82) is 0 Å². The number of rotatable bonds is 4. The Morgan fingerprint density at radius 1 is 1.10 bits per heavy atom. The Morgan fingerprint density at radius 3 is 2.76 bits per heavy atom. The van der Waals surface area contributed by atoms with Crippen LogP contribution in [0, 0.1) is 0 Å². The number of furan rings is 1. The molecular weight excluding hydrogens is 268 g/mol. The Kier molecular flexibility index (Phi) is 3.75. The molecule has 3 aromatic rings. The van der Waals surface area contributed by atoms with Gasteiger partial charge in [0, 0.05) is 35.7 Å². The Labute approximate surface area is 121 Å². The highest BCUT2D eigenvalue weighted by Gasteiger charge is 2.08. The van der Waals surface area contributed by atoms with E-state index in [1.807, 2.05) is 36.4 Å². The molecular formula is C16H16N2O3. The second-order valence-electron chi connectivity index (χ2n) is 4.77. The molecule has 108 valence electrons. The first-order valence-electron chi connectivity index (χ1n) is 6.85.